The number of rotatable bonds is 5. The highest BCUT2D eigenvalue weighted by Gasteiger charge is 2.29. The number of hydrogen-bond acceptors (Lipinski definition) is 5. The van der Waals surface area contributed by atoms with Gasteiger partial charge in [0, 0.05) is 31.6 Å². The van der Waals surface area contributed by atoms with Crippen molar-refractivity contribution in [3.8, 4) is 6.01 Å². The van der Waals surface area contributed by atoms with Gasteiger partial charge in [0.2, 0.25) is 5.91 Å². The molecule has 1 aliphatic heterocycles. The molecule has 0 spiro atoms. The number of carbonyl (C=O) groups excluding carboxylic acids is 1. The molecule has 1 atom stereocenters. The van der Waals surface area contributed by atoms with Crippen LogP contribution >= 0.6 is 0 Å². The summed E-state index contributed by atoms with van der Waals surface area (Å²) in [6, 6.07) is 2.11. The third-order valence-corrected chi connectivity index (χ3v) is 4.99. The predicted octanol–water partition coefficient (Wildman–Crippen LogP) is 2.53. The molecule has 0 saturated heterocycles. The molecule has 0 fully saturated rings. The van der Waals surface area contributed by atoms with Gasteiger partial charge >= 0.3 is 6.01 Å². The lowest BCUT2D eigenvalue weighted by atomic mass is 9.96. The predicted molar refractivity (Wildman–Crippen MR) is 95.4 cm³/mol. The van der Waals surface area contributed by atoms with Crippen LogP contribution in [0, 0.1) is 0 Å². The molecule has 7 nitrogen and oxygen atoms in total. The number of nitrogens with zero attached hydrogens (tertiary/aromatic N) is 5. The lowest BCUT2D eigenvalue weighted by molar-refractivity contribution is -0.132. The van der Waals surface area contributed by atoms with Gasteiger partial charge in [-0.3, -0.25) is 4.79 Å². The van der Waals surface area contributed by atoms with Gasteiger partial charge in [-0.2, -0.15) is 0 Å². The molecule has 0 unspecified atom stereocenters. The Morgan fingerprint density at radius 2 is 2.15 bits per heavy atom. The summed E-state index contributed by atoms with van der Waals surface area (Å²) in [5, 5.41) is 0. The largest absolute Gasteiger partial charge is 0.461 e. The van der Waals surface area contributed by atoms with Crippen LogP contribution in [-0.2, 0) is 11.3 Å². The van der Waals surface area contributed by atoms with Crippen LogP contribution in [0.5, 0.6) is 6.01 Å². The molecule has 1 aliphatic carbocycles. The standard InChI is InChI=1S/C19H23N5O2/c25-18(9-15-5-2-1-3-6-15)23-11-16-10-20-14-24(16)17(12-23)13-26-19-21-7-4-8-22-19/h4-5,7-8,10,14,17H,1-3,6,9,11-13H2/t17-/m1/s1. The second-order valence-electron chi connectivity index (χ2n) is 6.85. The summed E-state index contributed by atoms with van der Waals surface area (Å²) in [7, 11) is 0. The van der Waals surface area contributed by atoms with Crippen LogP contribution in [0.4, 0.5) is 0 Å². The van der Waals surface area contributed by atoms with E-state index in [0.29, 0.717) is 32.1 Å². The molecule has 1 amide bonds. The second kappa shape index (κ2) is 7.68. The first kappa shape index (κ1) is 16.8. The second-order valence-corrected chi connectivity index (χ2v) is 6.85. The SMILES string of the molecule is O=C(CC1=CCCCC1)N1Cc2cncn2[C@@H](COc2ncccn2)C1. The summed E-state index contributed by atoms with van der Waals surface area (Å²) in [4.78, 5) is 27.2. The van der Waals surface area contributed by atoms with Gasteiger partial charge in [-0.05, 0) is 31.7 Å². The topological polar surface area (TPSA) is 73.1 Å². The lowest BCUT2D eigenvalue weighted by Crippen LogP contribution is -2.42. The zero-order valence-corrected chi connectivity index (χ0v) is 14.8. The lowest BCUT2D eigenvalue weighted by Gasteiger charge is -2.34. The first-order chi connectivity index (χ1) is 12.8. The Morgan fingerprint density at radius 1 is 1.27 bits per heavy atom. The van der Waals surface area contributed by atoms with Crippen molar-refractivity contribution >= 4 is 5.91 Å². The Hall–Kier alpha value is -2.70. The number of aromatic nitrogens is 4. The summed E-state index contributed by atoms with van der Waals surface area (Å²) >= 11 is 0. The summed E-state index contributed by atoms with van der Waals surface area (Å²) in [6.07, 6.45) is 14.3. The van der Waals surface area contributed by atoms with E-state index >= 15 is 0 Å². The van der Waals surface area contributed by atoms with Crippen molar-refractivity contribution in [3.63, 3.8) is 0 Å². The van der Waals surface area contributed by atoms with Crippen molar-refractivity contribution in [2.45, 2.75) is 44.7 Å². The highest BCUT2D eigenvalue weighted by molar-refractivity contribution is 5.79. The number of amides is 1. The molecule has 0 aromatic carbocycles. The average Bonchev–Trinajstić information content (AvgIpc) is 3.16. The van der Waals surface area contributed by atoms with E-state index in [-0.39, 0.29) is 11.9 Å². The van der Waals surface area contributed by atoms with Gasteiger partial charge in [0.1, 0.15) is 6.61 Å². The number of hydrogen-bond donors (Lipinski definition) is 0. The van der Waals surface area contributed by atoms with E-state index in [9.17, 15) is 4.79 Å². The van der Waals surface area contributed by atoms with Crippen molar-refractivity contribution < 1.29 is 9.53 Å². The van der Waals surface area contributed by atoms with Gasteiger partial charge < -0.3 is 14.2 Å². The van der Waals surface area contributed by atoms with Crippen molar-refractivity contribution in [1.82, 2.24) is 24.4 Å². The smallest absolute Gasteiger partial charge is 0.316 e. The van der Waals surface area contributed by atoms with Crippen molar-refractivity contribution in [2.75, 3.05) is 13.2 Å². The van der Waals surface area contributed by atoms with E-state index in [1.165, 1.54) is 18.4 Å². The maximum Gasteiger partial charge on any atom is 0.316 e. The molecule has 0 saturated carbocycles. The number of imidazole rings is 1. The zero-order chi connectivity index (χ0) is 17.8. The molecule has 0 bridgehead atoms. The van der Waals surface area contributed by atoms with Crippen LogP contribution in [0.25, 0.3) is 0 Å². The zero-order valence-electron chi connectivity index (χ0n) is 14.8. The first-order valence-corrected chi connectivity index (χ1v) is 9.16. The van der Waals surface area contributed by atoms with Crippen LogP contribution in [-0.4, -0.2) is 43.5 Å². The fraction of sp³-hybridized carbons (Fsp3) is 0.474. The van der Waals surface area contributed by atoms with Crippen molar-refractivity contribution in [1.29, 1.82) is 0 Å². The molecule has 2 aliphatic rings. The van der Waals surface area contributed by atoms with Gasteiger partial charge in [0.15, 0.2) is 0 Å². The van der Waals surface area contributed by atoms with Crippen LogP contribution in [0.3, 0.4) is 0 Å². The van der Waals surface area contributed by atoms with Gasteiger partial charge in [-0.1, -0.05) is 11.6 Å². The fourth-order valence-electron chi connectivity index (χ4n) is 3.61. The molecule has 7 heteroatoms. The molecule has 2 aromatic rings. The molecule has 136 valence electrons. The average molecular weight is 353 g/mol. The van der Waals surface area contributed by atoms with E-state index < -0.39 is 0 Å². The normalized spacial score (nSPS) is 19.6. The third-order valence-electron chi connectivity index (χ3n) is 4.99. The summed E-state index contributed by atoms with van der Waals surface area (Å²) in [6.45, 7) is 1.62. The summed E-state index contributed by atoms with van der Waals surface area (Å²) < 4.78 is 7.82. The fourth-order valence-corrected chi connectivity index (χ4v) is 3.61. The number of ether oxygens (including phenoxy) is 1. The van der Waals surface area contributed by atoms with Crippen LogP contribution in [0.15, 0.2) is 42.6 Å². The first-order valence-electron chi connectivity index (χ1n) is 9.16. The molecule has 26 heavy (non-hydrogen) atoms. The van der Waals surface area contributed by atoms with E-state index in [1.807, 2.05) is 11.1 Å². The van der Waals surface area contributed by atoms with Gasteiger partial charge in [0.25, 0.3) is 0 Å². The Kier molecular flexibility index (Phi) is 4.95. The Morgan fingerprint density at radius 3 is 2.96 bits per heavy atom. The minimum absolute atomic E-state index is 0.00865. The summed E-state index contributed by atoms with van der Waals surface area (Å²) in [5.41, 5.74) is 2.32. The van der Waals surface area contributed by atoms with Gasteiger partial charge in [-0.25, -0.2) is 15.0 Å². The van der Waals surface area contributed by atoms with Gasteiger partial charge in [0.05, 0.1) is 24.6 Å². The molecular weight excluding hydrogens is 330 g/mol. The summed E-state index contributed by atoms with van der Waals surface area (Å²) in [5.74, 6) is 0.187. The number of allylic oxidation sites excluding steroid dienone is 1. The highest BCUT2D eigenvalue weighted by atomic mass is 16.5. The molecule has 3 heterocycles. The minimum atomic E-state index is 0.00865. The molecule has 0 radical (unpaired) electrons. The van der Waals surface area contributed by atoms with Crippen molar-refractivity contribution in [2.24, 2.45) is 0 Å². The molecule has 0 N–H and O–H groups in total. The van der Waals surface area contributed by atoms with Gasteiger partial charge in [-0.15, -0.1) is 0 Å². The van der Waals surface area contributed by atoms with E-state index in [2.05, 4.69) is 25.6 Å². The Balaban J connectivity index is 1.43. The highest BCUT2D eigenvalue weighted by Crippen LogP contribution is 2.25. The van der Waals surface area contributed by atoms with E-state index in [4.69, 9.17) is 4.74 Å². The number of carbonyl (C=O) groups is 1. The molecule has 2 aromatic heterocycles. The van der Waals surface area contributed by atoms with E-state index in [0.717, 1.165) is 18.5 Å². The Bertz CT molecular complexity index is 786. The number of fused-ring (bicyclic) bond motifs is 1. The maximum atomic E-state index is 12.8. The van der Waals surface area contributed by atoms with E-state index in [1.54, 1.807) is 24.8 Å². The molecular formula is C19H23N5O2. The third kappa shape index (κ3) is 3.76. The van der Waals surface area contributed by atoms with Crippen LogP contribution in [0.2, 0.25) is 0 Å². The quantitative estimate of drug-likeness (QED) is 0.772. The molecule has 4 rings (SSSR count). The van der Waals surface area contributed by atoms with Crippen LogP contribution in [0.1, 0.15) is 43.8 Å². The monoisotopic (exact) mass is 353 g/mol. The Labute approximate surface area is 152 Å². The van der Waals surface area contributed by atoms with Crippen LogP contribution < -0.4 is 4.74 Å². The maximum absolute atomic E-state index is 12.8. The minimum Gasteiger partial charge on any atom is -0.461 e. The van der Waals surface area contributed by atoms with Crippen molar-refractivity contribution in [3.05, 3.63) is 48.3 Å².